The number of benzene rings is 3. The second kappa shape index (κ2) is 15.1. The number of methoxy groups -OCH3 is 3. The van der Waals surface area contributed by atoms with Gasteiger partial charge in [-0.1, -0.05) is 31.2 Å². The van der Waals surface area contributed by atoms with Crippen LogP contribution in [0.3, 0.4) is 0 Å². The number of urea groups is 1. The van der Waals surface area contributed by atoms with Crippen LogP contribution in [0, 0.1) is 12.8 Å². The van der Waals surface area contributed by atoms with Gasteiger partial charge in [0.25, 0.3) is 0 Å². The lowest BCUT2D eigenvalue weighted by Gasteiger charge is -2.22. The highest BCUT2D eigenvalue weighted by Gasteiger charge is 2.24. The number of esters is 1. The van der Waals surface area contributed by atoms with Gasteiger partial charge in [-0.15, -0.1) is 0 Å². The monoisotopic (exact) mass is 576 g/mol. The molecule has 0 saturated carbocycles. The van der Waals surface area contributed by atoms with Crippen molar-refractivity contribution in [2.24, 2.45) is 5.92 Å². The molecule has 0 heterocycles. The summed E-state index contributed by atoms with van der Waals surface area (Å²) in [5, 5.41) is 11.1. The molecule has 0 bridgehead atoms. The van der Waals surface area contributed by atoms with Crippen LogP contribution in [0.2, 0.25) is 0 Å². The van der Waals surface area contributed by atoms with Gasteiger partial charge in [-0.25, -0.2) is 4.79 Å². The summed E-state index contributed by atoms with van der Waals surface area (Å²) in [7, 11) is 4.27. The van der Waals surface area contributed by atoms with Gasteiger partial charge in [-0.3, -0.25) is 14.4 Å². The van der Waals surface area contributed by atoms with Gasteiger partial charge in [-0.05, 0) is 60.5 Å². The fourth-order valence-corrected chi connectivity index (χ4v) is 4.10. The summed E-state index contributed by atoms with van der Waals surface area (Å²) < 4.78 is 15.4. The third kappa shape index (κ3) is 8.98. The third-order valence-electron chi connectivity index (χ3n) is 6.48. The highest BCUT2D eigenvalue weighted by molar-refractivity contribution is 6.00. The van der Waals surface area contributed by atoms with Crippen molar-refractivity contribution in [3.8, 4) is 11.5 Å². The summed E-state index contributed by atoms with van der Waals surface area (Å²) in [6.45, 7) is 3.52. The average Bonchev–Trinajstić information content (AvgIpc) is 2.98. The van der Waals surface area contributed by atoms with Crippen LogP contribution in [0.25, 0.3) is 0 Å². The fourth-order valence-electron chi connectivity index (χ4n) is 4.10. The first-order valence-corrected chi connectivity index (χ1v) is 13.3. The van der Waals surface area contributed by atoms with Crippen molar-refractivity contribution < 1.29 is 33.4 Å². The molecule has 0 aliphatic carbocycles. The van der Waals surface area contributed by atoms with Gasteiger partial charge in [0.05, 0.1) is 33.8 Å². The molecule has 0 aliphatic heterocycles. The van der Waals surface area contributed by atoms with Crippen LogP contribution in [0.5, 0.6) is 11.5 Å². The summed E-state index contributed by atoms with van der Waals surface area (Å²) in [4.78, 5) is 50.1. The fraction of sp³-hybridized carbons (Fsp3) is 0.290. The number of carbonyl (C=O) groups is 4. The molecule has 0 radical (unpaired) electrons. The summed E-state index contributed by atoms with van der Waals surface area (Å²) in [5.74, 6) is -1.04. The van der Waals surface area contributed by atoms with Gasteiger partial charge >= 0.3 is 12.0 Å². The van der Waals surface area contributed by atoms with Crippen molar-refractivity contribution in [2.45, 2.75) is 32.7 Å². The van der Waals surface area contributed by atoms with E-state index >= 15 is 0 Å². The van der Waals surface area contributed by atoms with Gasteiger partial charge in [0, 0.05) is 29.4 Å². The zero-order chi connectivity index (χ0) is 30.6. The van der Waals surface area contributed by atoms with Gasteiger partial charge in [0.1, 0.15) is 0 Å². The van der Waals surface area contributed by atoms with Gasteiger partial charge in [-0.2, -0.15) is 0 Å². The Morgan fingerprint density at radius 1 is 0.762 bits per heavy atom. The average molecular weight is 577 g/mol. The molecule has 0 fully saturated rings. The molecular formula is C31H36N4O7. The molecule has 0 spiro atoms. The molecule has 222 valence electrons. The Hall–Kier alpha value is -5.06. The second-order valence-corrected chi connectivity index (χ2v) is 9.58. The highest BCUT2D eigenvalue weighted by atomic mass is 16.5. The Morgan fingerprint density at radius 2 is 1.40 bits per heavy atom. The van der Waals surface area contributed by atoms with Gasteiger partial charge < -0.3 is 35.5 Å². The maximum Gasteiger partial charge on any atom is 0.323 e. The second-order valence-electron chi connectivity index (χ2n) is 9.58. The van der Waals surface area contributed by atoms with Gasteiger partial charge in [0.2, 0.25) is 11.8 Å². The lowest BCUT2D eigenvalue weighted by atomic mass is 10.0. The van der Waals surface area contributed by atoms with Crippen molar-refractivity contribution >= 4 is 40.9 Å². The van der Waals surface area contributed by atoms with Gasteiger partial charge in [0.15, 0.2) is 11.5 Å². The molecule has 3 aromatic rings. The molecule has 2 atom stereocenters. The number of anilines is 3. The minimum absolute atomic E-state index is 0.0957. The SMILES string of the molecule is COC(=O)C[C@H](NC(=O)[C@H](C)CC(=O)Nc1ccc(NC(=O)Nc2ccccc2C)cc1)c1ccc(OC)c(OC)c1. The number of hydrogen-bond donors (Lipinski definition) is 4. The standard InChI is InChI=1S/C31H36N4O7/c1-19-8-6-7-9-24(19)35-31(39)33-23-13-11-22(12-14-23)32-28(36)16-20(2)30(38)34-25(18-29(37)42-5)21-10-15-26(40-3)27(17-21)41-4/h6-15,17,20,25H,16,18H2,1-5H3,(H,32,36)(H,34,38)(H2,33,35,39)/t20-,25+/m1/s1. The lowest BCUT2D eigenvalue weighted by Crippen LogP contribution is -2.35. The Balaban J connectivity index is 1.56. The van der Waals surface area contributed by atoms with Crippen molar-refractivity contribution in [1.82, 2.24) is 5.32 Å². The number of nitrogens with one attached hydrogen (secondary N) is 4. The highest BCUT2D eigenvalue weighted by Crippen LogP contribution is 2.31. The van der Waals surface area contributed by atoms with E-state index in [9.17, 15) is 19.2 Å². The summed E-state index contributed by atoms with van der Waals surface area (Å²) >= 11 is 0. The van der Waals surface area contributed by atoms with Crippen LogP contribution < -0.4 is 30.7 Å². The topological polar surface area (TPSA) is 144 Å². The van der Waals surface area contributed by atoms with Crippen LogP contribution >= 0.6 is 0 Å². The van der Waals surface area contributed by atoms with Crippen molar-refractivity contribution in [3.05, 3.63) is 77.9 Å². The first-order chi connectivity index (χ1) is 20.1. The van der Waals surface area contributed by atoms with Crippen LogP contribution in [-0.2, 0) is 19.1 Å². The molecule has 0 aromatic heterocycles. The Morgan fingerprint density at radius 3 is 2.02 bits per heavy atom. The number of amides is 4. The number of hydrogen-bond acceptors (Lipinski definition) is 7. The molecule has 0 aliphatic rings. The minimum Gasteiger partial charge on any atom is -0.493 e. The minimum atomic E-state index is -0.710. The molecule has 4 N–H and O–H groups in total. The Kier molecular flexibility index (Phi) is 11.3. The van der Waals surface area contributed by atoms with Crippen LogP contribution in [0.4, 0.5) is 21.9 Å². The summed E-state index contributed by atoms with van der Waals surface area (Å²) in [6.07, 6.45) is -0.207. The predicted molar refractivity (Wildman–Crippen MR) is 160 cm³/mol. The molecular weight excluding hydrogens is 540 g/mol. The molecule has 0 saturated heterocycles. The molecule has 3 rings (SSSR count). The van der Waals surface area contributed by atoms with Crippen LogP contribution in [0.15, 0.2) is 66.7 Å². The molecule has 0 unspecified atom stereocenters. The quantitative estimate of drug-likeness (QED) is 0.221. The molecule has 3 aromatic carbocycles. The van der Waals surface area contributed by atoms with E-state index in [1.165, 1.54) is 21.3 Å². The Bertz CT molecular complexity index is 1410. The molecule has 4 amide bonds. The van der Waals surface area contributed by atoms with Crippen LogP contribution in [0.1, 0.15) is 36.9 Å². The van der Waals surface area contributed by atoms with E-state index in [2.05, 4.69) is 21.3 Å². The number of ether oxygens (including phenoxy) is 3. The largest absolute Gasteiger partial charge is 0.493 e. The van der Waals surface area contributed by atoms with E-state index in [0.29, 0.717) is 34.1 Å². The van der Waals surface area contributed by atoms with E-state index in [0.717, 1.165) is 5.56 Å². The maximum absolute atomic E-state index is 13.0. The molecule has 11 heteroatoms. The lowest BCUT2D eigenvalue weighted by molar-refractivity contribution is -0.141. The normalized spacial score (nSPS) is 11.8. The number of carbonyl (C=O) groups excluding carboxylic acids is 4. The van der Waals surface area contributed by atoms with Crippen molar-refractivity contribution in [1.29, 1.82) is 0 Å². The molecule has 11 nitrogen and oxygen atoms in total. The van der Waals surface area contributed by atoms with E-state index in [-0.39, 0.29) is 24.8 Å². The van der Waals surface area contributed by atoms with Crippen LogP contribution in [-0.4, -0.2) is 45.1 Å². The van der Waals surface area contributed by atoms with Crippen molar-refractivity contribution in [3.63, 3.8) is 0 Å². The number of para-hydroxylation sites is 1. The van der Waals surface area contributed by atoms with E-state index in [1.54, 1.807) is 49.4 Å². The maximum atomic E-state index is 13.0. The van der Waals surface area contributed by atoms with E-state index < -0.39 is 23.8 Å². The van der Waals surface area contributed by atoms with E-state index in [1.807, 2.05) is 31.2 Å². The number of rotatable bonds is 12. The summed E-state index contributed by atoms with van der Waals surface area (Å²) in [6, 6.07) is 18.0. The van der Waals surface area contributed by atoms with E-state index in [4.69, 9.17) is 14.2 Å². The first kappa shape index (κ1) is 31.5. The zero-order valence-corrected chi connectivity index (χ0v) is 24.3. The zero-order valence-electron chi connectivity index (χ0n) is 24.3. The number of aryl methyl sites for hydroxylation is 1. The third-order valence-corrected chi connectivity index (χ3v) is 6.48. The predicted octanol–water partition coefficient (Wildman–Crippen LogP) is 5.04. The first-order valence-electron chi connectivity index (χ1n) is 13.3. The molecule has 42 heavy (non-hydrogen) atoms. The summed E-state index contributed by atoms with van der Waals surface area (Å²) in [5.41, 5.74) is 3.31. The Labute approximate surface area is 244 Å². The van der Waals surface area contributed by atoms with Crippen molar-refractivity contribution in [2.75, 3.05) is 37.3 Å². The smallest absolute Gasteiger partial charge is 0.323 e.